The molecular weight excluding hydrogens is 428 g/mol. The van der Waals surface area contributed by atoms with Crippen molar-refractivity contribution < 1.29 is 22.7 Å². The van der Waals surface area contributed by atoms with Gasteiger partial charge in [0.05, 0.1) is 30.6 Å². The van der Waals surface area contributed by atoms with Gasteiger partial charge in [0.2, 0.25) is 15.9 Å². The number of aryl methyl sites for hydroxylation is 2. The molecule has 9 heteroatoms. The number of hydrogen-bond donors (Lipinski definition) is 1. The minimum absolute atomic E-state index is 0.234. The van der Waals surface area contributed by atoms with Crippen molar-refractivity contribution in [3.8, 4) is 11.5 Å². The van der Waals surface area contributed by atoms with E-state index in [-0.39, 0.29) is 23.9 Å². The number of benzene rings is 2. The zero-order chi connectivity index (χ0) is 22.5. The lowest BCUT2D eigenvalue weighted by Crippen LogP contribution is -2.48. The van der Waals surface area contributed by atoms with Crippen LogP contribution in [0.1, 0.15) is 18.1 Å². The standard InChI is InChI=1S/C21H27ClN2O5S/c1-14-6-8-19(15(2)12-14)29-11-10-23-21(25)16(3)24(30(5,26)27)17-7-9-20(28-4)18(22)13-17/h6-9,12-13,16H,10-11H2,1-5H3,(H,23,25)/t16-/m0/s1. The number of nitrogens with one attached hydrogen (secondary N) is 1. The van der Waals surface area contributed by atoms with Crippen molar-refractivity contribution in [2.24, 2.45) is 0 Å². The second-order valence-corrected chi connectivity index (χ2v) is 9.23. The van der Waals surface area contributed by atoms with Crippen LogP contribution in [0.4, 0.5) is 5.69 Å². The van der Waals surface area contributed by atoms with Gasteiger partial charge in [0.15, 0.2) is 0 Å². The molecule has 1 atom stereocenters. The van der Waals surface area contributed by atoms with Crippen LogP contribution >= 0.6 is 11.6 Å². The number of rotatable bonds is 9. The summed E-state index contributed by atoms with van der Waals surface area (Å²) in [5.74, 6) is 0.708. The molecule has 0 aliphatic rings. The molecule has 0 aliphatic carbocycles. The first-order valence-electron chi connectivity index (χ1n) is 9.35. The van der Waals surface area contributed by atoms with E-state index >= 15 is 0 Å². The SMILES string of the molecule is COc1ccc(N([C@@H](C)C(=O)NCCOc2ccc(C)cc2C)S(C)(=O)=O)cc1Cl. The number of ether oxygens (including phenoxy) is 2. The first-order chi connectivity index (χ1) is 14.0. The topological polar surface area (TPSA) is 84.9 Å². The maximum Gasteiger partial charge on any atom is 0.243 e. The molecule has 7 nitrogen and oxygen atoms in total. The first-order valence-corrected chi connectivity index (χ1v) is 11.6. The Morgan fingerprint density at radius 2 is 1.83 bits per heavy atom. The van der Waals surface area contributed by atoms with Gasteiger partial charge in [-0.05, 0) is 50.6 Å². The van der Waals surface area contributed by atoms with Gasteiger partial charge in [-0.15, -0.1) is 0 Å². The molecule has 0 aromatic heterocycles. The van der Waals surface area contributed by atoms with Crippen molar-refractivity contribution in [1.29, 1.82) is 0 Å². The van der Waals surface area contributed by atoms with Gasteiger partial charge in [0.1, 0.15) is 24.1 Å². The average molecular weight is 455 g/mol. The highest BCUT2D eigenvalue weighted by Crippen LogP contribution is 2.31. The monoisotopic (exact) mass is 454 g/mol. The van der Waals surface area contributed by atoms with Gasteiger partial charge < -0.3 is 14.8 Å². The average Bonchev–Trinajstić information content (AvgIpc) is 2.65. The van der Waals surface area contributed by atoms with E-state index < -0.39 is 22.0 Å². The largest absolute Gasteiger partial charge is 0.495 e. The highest BCUT2D eigenvalue weighted by molar-refractivity contribution is 7.92. The predicted octanol–water partition coefficient (Wildman–Crippen LogP) is 3.32. The van der Waals surface area contributed by atoms with Gasteiger partial charge in [0.25, 0.3) is 0 Å². The number of nitrogens with zero attached hydrogens (tertiary/aromatic N) is 1. The number of carbonyl (C=O) groups excluding carboxylic acids is 1. The quantitative estimate of drug-likeness (QED) is 0.587. The van der Waals surface area contributed by atoms with E-state index in [0.717, 1.165) is 27.4 Å². The maximum atomic E-state index is 12.6. The van der Waals surface area contributed by atoms with E-state index in [1.807, 2.05) is 32.0 Å². The Morgan fingerprint density at radius 1 is 1.17 bits per heavy atom. The molecule has 1 N–H and O–H groups in total. The van der Waals surface area contributed by atoms with Crippen LogP contribution < -0.4 is 19.1 Å². The Kier molecular flexibility index (Phi) is 7.97. The van der Waals surface area contributed by atoms with E-state index in [1.54, 1.807) is 12.1 Å². The fraction of sp³-hybridized carbons (Fsp3) is 0.381. The summed E-state index contributed by atoms with van der Waals surface area (Å²) in [6.07, 6.45) is 1.04. The number of hydrogen-bond acceptors (Lipinski definition) is 5. The summed E-state index contributed by atoms with van der Waals surface area (Å²) in [5, 5.41) is 2.96. The second kappa shape index (κ2) is 10.0. The van der Waals surface area contributed by atoms with Crippen LogP contribution in [-0.4, -0.2) is 46.9 Å². The van der Waals surface area contributed by atoms with Crippen molar-refractivity contribution in [2.45, 2.75) is 26.8 Å². The Morgan fingerprint density at radius 3 is 2.40 bits per heavy atom. The smallest absolute Gasteiger partial charge is 0.243 e. The lowest BCUT2D eigenvalue weighted by Gasteiger charge is -2.28. The van der Waals surface area contributed by atoms with E-state index in [1.165, 1.54) is 20.1 Å². The third-order valence-electron chi connectivity index (χ3n) is 4.47. The van der Waals surface area contributed by atoms with Gasteiger partial charge in [0, 0.05) is 0 Å². The number of carbonyl (C=O) groups is 1. The van der Waals surface area contributed by atoms with Crippen molar-refractivity contribution in [3.05, 3.63) is 52.5 Å². The summed E-state index contributed by atoms with van der Waals surface area (Å²) in [5.41, 5.74) is 2.42. The van der Waals surface area contributed by atoms with Crippen molar-refractivity contribution in [3.63, 3.8) is 0 Å². The number of amides is 1. The first kappa shape index (κ1) is 23.8. The fourth-order valence-corrected chi connectivity index (χ4v) is 4.46. The van der Waals surface area contributed by atoms with Gasteiger partial charge in [-0.2, -0.15) is 0 Å². The van der Waals surface area contributed by atoms with Crippen LogP contribution in [0.2, 0.25) is 5.02 Å². The van der Waals surface area contributed by atoms with Crippen LogP contribution in [0, 0.1) is 13.8 Å². The van der Waals surface area contributed by atoms with E-state index in [4.69, 9.17) is 21.1 Å². The molecule has 0 heterocycles. The summed E-state index contributed by atoms with van der Waals surface area (Å²) in [6, 6.07) is 9.41. The van der Waals surface area contributed by atoms with E-state index in [0.29, 0.717) is 5.75 Å². The van der Waals surface area contributed by atoms with Crippen molar-refractivity contribution in [2.75, 3.05) is 30.8 Å². The summed E-state index contributed by atoms with van der Waals surface area (Å²) in [4.78, 5) is 12.6. The Bertz CT molecular complexity index is 1010. The molecule has 0 aliphatic heterocycles. The normalized spacial score (nSPS) is 12.2. The van der Waals surface area contributed by atoms with Crippen molar-refractivity contribution in [1.82, 2.24) is 5.32 Å². The minimum atomic E-state index is -3.74. The zero-order valence-corrected chi connectivity index (χ0v) is 19.3. The highest BCUT2D eigenvalue weighted by Gasteiger charge is 2.29. The second-order valence-electron chi connectivity index (χ2n) is 6.96. The predicted molar refractivity (Wildman–Crippen MR) is 119 cm³/mol. The maximum absolute atomic E-state index is 12.6. The van der Waals surface area contributed by atoms with Crippen LogP contribution in [0.25, 0.3) is 0 Å². The molecule has 2 rings (SSSR count). The summed E-state index contributed by atoms with van der Waals surface area (Å²) < 4.78 is 36.6. The Hall–Kier alpha value is -2.45. The lowest BCUT2D eigenvalue weighted by molar-refractivity contribution is -0.121. The van der Waals surface area contributed by atoms with Crippen LogP contribution in [0.3, 0.4) is 0 Å². The number of methoxy groups -OCH3 is 1. The molecule has 0 fully saturated rings. The molecule has 0 saturated heterocycles. The molecule has 30 heavy (non-hydrogen) atoms. The van der Waals surface area contributed by atoms with Gasteiger partial charge >= 0.3 is 0 Å². The molecular formula is C21H27ClN2O5S. The number of anilines is 1. The summed E-state index contributed by atoms with van der Waals surface area (Å²) in [7, 11) is -2.28. The molecule has 0 unspecified atom stereocenters. The molecule has 164 valence electrons. The van der Waals surface area contributed by atoms with Crippen LogP contribution in [0.15, 0.2) is 36.4 Å². The fourth-order valence-electron chi connectivity index (χ4n) is 3.05. The molecule has 2 aromatic carbocycles. The van der Waals surface area contributed by atoms with E-state index in [9.17, 15) is 13.2 Å². The van der Waals surface area contributed by atoms with Crippen LogP contribution in [-0.2, 0) is 14.8 Å². The minimum Gasteiger partial charge on any atom is -0.495 e. The van der Waals surface area contributed by atoms with Gasteiger partial charge in [-0.1, -0.05) is 29.3 Å². The van der Waals surface area contributed by atoms with E-state index in [2.05, 4.69) is 5.32 Å². The molecule has 0 bridgehead atoms. The summed E-state index contributed by atoms with van der Waals surface area (Å²) >= 11 is 6.13. The molecule has 0 radical (unpaired) electrons. The third kappa shape index (κ3) is 6.03. The third-order valence-corrected chi connectivity index (χ3v) is 6.00. The number of halogens is 1. The molecule has 0 spiro atoms. The highest BCUT2D eigenvalue weighted by atomic mass is 35.5. The Labute approximate surface area is 183 Å². The Balaban J connectivity index is 2.04. The molecule has 2 aromatic rings. The molecule has 1 amide bonds. The van der Waals surface area contributed by atoms with Gasteiger partial charge in [-0.3, -0.25) is 9.10 Å². The number of sulfonamides is 1. The molecule has 0 saturated carbocycles. The lowest BCUT2D eigenvalue weighted by atomic mass is 10.1. The summed E-state index contributed by atoms with van der Waals surface area (Å²) in [6.45, 7) is 5.96. The van der Waals surface area contributed by atoms with Crippen LogP contribution in [0.5, 0.6) is 11.5 Å². The van der Waals surface area contributed by atoms with Crippen molar-refractivity contribution >= 4 is 33.2 Å². The zero-order valence-electron chi connectivity index (χ0n) is 17.7. The van der Waals surface area contributed by atoms with Gasteiger partial charge in [-0.25, -0.2) is 8.42 Å².